The summed E-state index contributed by atoms with van der Waals surface area (Å²) in [5, 5.41) is 0. The minimum Gasteiger partial charge on any atom is -0.0654 e. The van der Waals surface area contributed by atoms with E-state index in [2.05, 4.69) is 41.5 Å². The van der Waals surface area contributed by atoms with Gasteiger partial charge in [-0.25, -0.2) is 0 Å². The fraction of sp³-hybridized carbons (Fsp3) is 1.00. The third kappa shape index (κ3) is 4.00. The molecule has 1 aliphatic rings. The van der Waals surface area contributed by atoms with Crippen LogP contribution in [0.15, 0.2) is 0 Å². The number of hydrogen-bond donors (Lipinski definition) is 0. The molecule has 0 amide bonds. The van der Waals surface area contributed by atoms with E-state index >= 15 is 0 Å². The van der Waals surface area contributed by atoms with E-state index in [-0.39, 0.29) is 0 Å². The van der Waals surface area contributed by atoms with Gasteiger partial charge in [-0.15, -0.1) is 0 Å². The molecule has 0 bridgehead atoms. The molecule has 108 valence electrons. The average Bonchev–Trinajstić information content (AvgIpc) is 2.31. The summed E-state index contributed by atoms with van der Waals surface area (Å²) in [6, 6.07) is 0. The maximum Gasteiger partial charge on any atom is -0.0298 e. The zero-order valence-corrected chi connectivity index (χ0v) is 13.8. The topological polar surface area (TPSA) is 0 Å². The van der Waals surface area contributed by atoms with Crippen LogP contribution >= 0.6 is 0 Å². The standard InChI is InChI=1S/C18H36/c1-7-9-17(12-16-11-10-15(16)5)18(6,8-2)13-14(3)4/h14-17H,7-13H2,1-6H3. The molecule has 0 heterocycles. The van der Waals surface area contributed by atoms with Crippen LogP contribution < -0.4 is 0 Å². The summed E-state index contributed by atoms with van der Waals surface area (Å²) in [4.78, 5) is 0. The Morgan fingerprint density at radius 3 is 2.17 bits per heavy atom. The fourth-order valence-electron chi connectivity index (χ4n) is 4.08. The predicted molar refractivity (Wildman–Crippen MR) is 82.8 cm³/mol. The van der Waals surface area contributed by atoms with Crippen LogP contribution in [-0.2, 0) is 0 Å². The molecule has 0 aromatic rings. The first-order valence-corrected chi connectivity index (χ1v) is 8.42. The zero-order chi connectivity index (χ0) is 13.8. The van der Waals surface area contributed by atoms with Gasteiger partial charge in [0.15, 0.2) is 0 Å². The first-order valence-electron chi connectivity index (χ1n) is 8.42. The number of hydrogen-bond acceptors (Lipinski definition) is 0. The number of rotatable bonds is 8. The van der Waals surface area contributed by atoms with Crippen LogP contribution in [0.3, 0.4) is 0 Å². The van der Waals surface area contributed by atoms with Gasteiger partial charge in [-0.1, -0.05) is 67.2 Å². The molecule has 0 heteroatoms. The van der Waals surface area contributed by atoms with Crippen molar-refractivity contribution >= 4 is 0 Å². The van der Waals surface area contributed by atoms with E-state index in [4.69, 9.17) is 0 Å². The lowest BCUT2D eigenvalue weighted by Gasteiger charge is -2.44. The average molecular weight is 252 g/mol. The van der Waals surface area contributed by atoms with Crippen molar-refractivity contribution in [2.75, 3.05) is 0 Å². The Morgan fingerprint density at radius 2 is 1.83 bits per heavy atom. The van der Waals surface area contributed by atoms with Gasteiger partial charge in [-0.3, -0.25) is 0 Å². The van der Waals surface area contributed by atoms with Crippen LogP contribution in [0.1, 0.15) is 86.5 Å². The molecule has 0 N–H and O–H groups in total. The SMILES string of the molecule is CCCC(CC1CCC1C)C(C)(CC)CC(C)C. The Morgan fingerprint density at radius 1 is 1.17 bits per heavy atom. The van der Waals surface area contributed by atoms with Gasteiger partial charge < -0.3 is 0 Å². The molecular weight excluding hydrogens is 216 g/mol. The lowest BCUT2D eigenvalue weighted by atomic mass is 9.61. The van der Waals surface area contributed by atoms with Gasteiger partial charge in [0.25, 0.3) is 0 Å². The zero-order valence-electron chi connectivity index (χ0n) is 13.8. The summed E-state index contributed by atoms with van der Waals surface area (Å²) in [7, 11) is 0. The van der Waals surface area contributed by atoms with E-state index in [1.54, 1.807) is 0 Å². The van der Waals surface area contributed by atoms with Gasteiger partial charge in [0.05, 0.1) is 0 Å². The summed E-state index contributed by atoms with van der Waals surface area (Å²) in [5.41, 5.74) is 0.583. The molecule has 1 fully saturated rings. The highest BCUT2D eigenvalue weighted by Crippen LogP contribution is 2.47. The Hall–Kier alpha value is 0. The fourth-order valence-corrected chi connectivity index (χ4v) is 4.08. The Labute approximate surface area is 116 Å². The maximum atomic E-state index is 2.57. The Bertz CT molecular complexity index is 230. The second-order valence-electron chi connectivity index (χ2n) is 7.64. The van der Waals surface area contributed by atoms with Crippen LogP contribution in [0, 0.1) is 29.1 Å². The van der Waals surface area contributed by atoms with E-state index in [0.29, 0.717) is 5.41 Å². The van der Waals surface area contributed by atoms with Crippen LogP contribution in [-0.4, -0.2) is 0 Å². The second kappa shape index (κ2) is 6.96. The molecule has 0 aromatic heterocycles. The Balaban J connectivity index is 2.66. The minimum absolute atomic E-state index is 0.583. The molecule has 18 heavy (non-hydrogen) atoms. The van der Waals surface area contributed by atoms with Gasteiger partial charge in [-0.2, -0.15) is 0 Å². The molecule has 0 aromatic carbocycles. The third-order valence-electron chi connectivity index (χ3n) is 5.69. The molecule has 1 saturated carbocycles. The quantitative estimate of drug-likeness (QED) is 0.475. The van der Waals surface area contributed by atoms with Crippen molar-refractivity contribution < 1.29 is 0 Å². The van der Waals surface area contributed by atoms with Gasteiger partial charge >= 0.3 is 0 Å². The van der Waals surface area contributed by atoms with Crippen LogP contribution in [0.5, 0.6) is 0 Å². The molecule has 1 rings (SSSR count). The largest absolute Gasteiger partial charge is 0.0654 e. The first kappa shape index (κ1) is 16.1. The summed E-state index contributed by atoms with van der Waals surface area (Å²) < 4.78 is 0. The van der Waals surface area contributed by atoms with E-state index in [1.807, 2.05) is 0 Å². The van der Waals surface area contributed by atoms with Crippen molar-refractivity contribution in [1.82, 2.24) is 0 Å². The summed E-state index contributed by atoms with van der Waals surface area (Å²) in [6.45, 7) is 14.6. The van der Waals surface area contributed by atoms with Crippen LogP contribution in [0.25, 0.3) is 0 Å². The first-order chi connectivity index (χ1) is 8.42. The smallest absolute Gasteiger partial charge is 0.0298 e. The molecule has 0 aliphatic heterocycles. The predicted octanol–water partition coefficient (Wildman–Crippen LogP) is 6.30. The van der Waals surface area contributed by atoms with Gasteiger partial charge in [0.1, 0.15) is 0 Å². The monoisotopic (exact) mass is 252 g/mol. The van der Waals surface area contributed by atoms with Crippen molar-refractivity contribution in [3.8, 4) is 0 Å². The van der Waals surface area contributed by atoms with Crippen molar-refractivity contribution in [3.05, 3.63) is 0 Å². The third-order valence-corrected chi connectivity index (χ3v) is 5.69. The molecule has 4 atom stereocenters. The molecule has 0 radical (unpaired) electrons. The molecule has 1 aliphatic carbocycles. The van der Waals surface area contributed by atoms with E-state index in [9.17, 15) is 0 Å². The van der Waals surface area contributed by atoms with Crippen molar-refractivity contribution in [3.63, 3.8) is 0 Å². The molecule has 4 unspecified atom stereocenters. The highest BCUT2D eigenvalue weighted by Gasteiger charge is 2.37. The highest BCUT2D eigenvalue weighted by molar-refractivity contribution is 4.87. The summed E-state index contributed by atoms with van der Waals surface area (Å²) in [5.74, 6) is 3.85. The van der Waals surface area contributed by atoms with Crippen molar-refractivity contribution in [2.45, 2.75) is 86.5 Å². The van der Waals surface area contributed by atoms with Crippen LogP contribution in [0.4, 0.5) is 0 Å². The molecule has 0 nitrogen and oxygen atoms in total. The van der Waals surface area contributed by atoms with E-state index in [0.717, 1.165) is 23.7 Å². The van der Waals surface area contributed by atoms with Crippen molar-refractivity contribution in [2.24, 2.45) is 29.1 Å². The lowest BCUT2D eigenvalue weighted by molar-refractivity contribution is 0.0646. The van der Waals surface area contributed by atoms with Crippen molar-refractivity contribution in [1.29, 1.82) is 0 Å². The van der Waals surface area contributed by atoms with E-state index in [1.165, 1.54) is 44.9 Å². The molecule has 0 spiro atoms. The lowest BCUT2D eigenvalue weighted by Crippen LogP contribution is -2.34. The van der Waals surface area contributed by atoms with Gasteiger partial charge in [0.2, 0.25) is 0 Å². The molecule has 0 saturated heterocycles. The normalized spacial score (nSPS) is 28.8. The minimum atomic E-state index is 0.583. The second-order valence-corrected chi connectivity index (χ2v) is 7.64. The summed E-state index contributed by atoms with van der Waals surface area (Å²) >= 11 is 0. The van der Waals surface area contributed by atoms with Crippen LogP contribution in [0.2, 0.25) is 0 Å². The summed E-state index contributed by atoms with van der Waals surface area (Å²) in [6.07, 6.45) is 10.1. The van der Waals surface area contributed by atoms with E-state index < -0.39 is 0 Å². The molecular formula is C18H36. The van der Waals surface area contributed by atoms with Gasteiger partial charge in [0, 0.05) is 0 Å². The van der Waals surface area contributed by atoms with Gasteiger partial charge in [-0.05, 0) is 48.3 Å². The maximum absolute atomic E-state index is 2.57. The highest BCUT2D eigenvalue weighted by atomic mass is 14.4. The Kier molecular flexibility index (Phi) is 6.21.